The number of amides is 2. The van der Waals surface area contributed by atoms with E-state index in [0.29, 0.717) is 15.0 Å². The molecule has 1 unspecified atom stereocenters. The summed E-state index contributed by atoms with van der Waals surface area (Å²) in [4.78, 5) is 29.5. The van der Waals surface area contributed by atoms with Crippen molar-refractivity contribution in [3.05, 3.63) is 69.3 Å². The molecular formula is C25H24ClFN2O5S3. The second-order valence-corrected chi connectivity index (χ2v) is 12.9. The first-order valence-corrected chi connectivity index (χ1v) is 14.8. The van der Waals surface area contributed by atoms with Gasteiger partial charge in [-0.2, -0.15) is 0 Å². The number of hydrogen-bond donors (Lipinski definition) is 0. The number of ether oxygens (including phenoxy) is 1. The summed E-state index contributed by atoms with van der Waals surface area (Å²) in [7, 11) is -1.73. The van der Waals surface area contributed by atoms with Crippen molar-refractivity contribution < 1.29 is 27.1 Å². The Balaban J connectivity index is 1.48. The third kappa shape index (κ3) is 6.51. The first kappa shape index (κ1) is 27.6. The zero-order valence-electron chi connectivity index (χ0n) is 19.9. The first-order valence-electron chi connectivity index (χ1n) is 11.4. The Morgan fingerprint density at radius 1 is 1.30 bits per heavy atom. The molecule has 2 heterocycles. The maximum absolute atomic E-state index is 14.5. The van der Waals surface area contributed by atoms with Gasteiger partial charge < -0.3 is 9.64 Å². The molecule has 2 aliphatic heterocycles. The first-order chi connectivity index (χ1) is 17.6. The summed E-state index contributed by atoms with van der Waals surface area (Å²) >= 11 is 12.7. The minimum Gasteiger partial charge on any atom is -0.497 e. The Labute approximate surface area is 229 Å². The van der Waals surface area contributed by atoms with Gasteiger partial charge in [0.15, 0.2) is 9.84 Å². The van der Waals surface area contributed by atoms with Crippen molar-refractivity contribution >= 4 is 67.6 Å². The van der Waals surface area contributed by atoms with Crippen LogP contribution in [0.15, 0.2) is 47.4 Å². The second kappa shape index (κ2) is 11.5. The van der Waals surface area contributed by atoms with Crippen molar-refractivity contribution in [1.82, 2.24) is 9.80 Å². The summed E-state index contributed by atoms with van der Waals surface area (Å²) in [6.07, 6.45) is 1.87. The fourth-order valence-corrected chi connectivity index (χ4v) is 7.45. The van der Waals surface area contributed by atoms with Crippen LogP contribution < -0.4 is 4.74 Å². The molecule has 0 bridgehead atoms. The van der Waals surface area contributed by atoms with E-state index in [1.54, 1.807) is 25.3 Å². The van der Waals surface area contributed by atoms with Gasteiger partial charge in [-0.3, -0.25) is 14.5 Å². The molecule has 0 aliphatic carbocycles. The van der Waals surface area contributed by atoms with E-state index in [-0.39, 0.29) is 53.9 Å². The Kier molecular flexibility index (Phi) is 8.57. The highest BCUT2D eigenvalue weighted by Crippen LogP contribution is 2.33. The minimum atomic E-state index is -3.30. The Bertz CT molecular complexity index is 1340. The van der Waals surface area contributed by atoms with Gasteiger partial charge in [0, 0.05) is 29.6 Å². The number of benzene rings is 2. The maximum Gasteiger partial charge on any atom is 0.266 e. The standard InChI is InChI=1S/C25H24ClFN2O5S3/c1-34-18-7-5-16(6-8-18)13-22-24(31)28(25(35)36-22)11-9-23(30)29(17-10-12-37(32,33)15-17)14-19-20(26)3-2-4-21(19)27/h2-8,13,17H,9-12,14-15H2,1H3/b22-13-. The van der Waals surface area contributed by atoms with Crippen LogP contribution in [0.2, 0.25) is 5.02 Å². The fraction of sp³-hybridized carbons (Fsp3) is 0.320. The SMILES string of the molecule is COc1ccc(/C=C2\SC(=S)N(CCC(=O)N(Cc3c(F)cccc3Cl)C3CCS(=O)(=O)C3)C2=O)cc1. The molecule has 1 atom stereocenters. The molecular weight excluding hydrogens is 559 g/mol. The van der Waals surface area contributed by atoms with Gasteiger partial charge in [0.2, 0.25) is 5.91 Å². The van der Waals surface area contributed by atoms with E-state index in [1.165, 1.54) is 28.0 Å². The van der Waals surface area contributed by atoms with Gasteiger partial charge in [-0.15, -0.1) is 0 Å². The molecule has 2 aliphatic rings. The number of nitrogens with zero attached hydrogens (tertiary/aromatic N) is 2. The molecule has 2 aromatic rings. The van der Waals surface area contributed by atoms with Crippen molar-refractivity contribution in [3.8, 4) is 5.75 Å². The molecule has 0 radical (unpaired) electrons. The molecule has 0 saturated carbocycles. The number of hydrogen-bond acceptors (Lipinski definition) is 7. The van der Waals surface area contributed by atoms with Crippen molar-refractivity contribution in [3.63, 3.8) is 0 Å². The monoisotopic (exact) mass is 582 g/mol. The van der Waals surface area contributed by atoms with Crippen molar-refractivity contribution in [2.45, 2.75) is 25.4 Å². The lowest BCUT2D eigenvalue weighted by Gasteiger charge is -2.29. The van der Waals surface area contributed by atoms with E-state index in [0.717, 1.165) is 17.3 Å². The second-order valence-electron chi connectivity index (χ2n) is 8.64. The molecule has 196 valence electrons. The number of thioether (sulfide) groups is 1. The van der Waals surface area contributed by atoms with Gasteiger partial charge in [-0.25, -0.2) is 12.8 Å². The predicted octanol–water partition coefficient (Wildman–Crippen LogP) is 4.29. The van der Waals surface area contributed by atoms with Crippen LogP contribution in [-0.4, -0.2) is 65.6 Å². The molecule has 2 amide bonds. The number of rotatable bonds is 8. The van der Waals surface area contributed by atoms with Crippen LogP contribution in [-0.2, 0) is 26.0 Å². The molecule has 0 spiro atoms. The minimum absolute atomic E-state index is 0.0183. The Hall–Kier alpha value is -2.47. The molecule has 12 heteroatoms. The quantitative estimate of drug-likeness (QED) is 0.339. The molecule has 4 rings (SSSR count). The number of carbonyl (C=O) groups is 2. The van der Waals surface area contributed by atoms with Crippen molar-refractivity contribution in [2.75, 3.05) is 25.2 Å². The zero-order chi connectivity index (χ0) is 26.7. The molecule has 0 aromatic heterocycles. The highest BCUT2D eigenvalue weighted by atomic mass is 35.5. The smallest absolute Gasteiger partial charge is 0.266 e. The normalized spacial score (nSPS) is 20.0. The van der Waals surface area contributed by atoms with E-state index in [9.17, 15) is 22.4 Å². The van der Waals surface area contributed by atoms with Gasteiger partial charge in [0.05, 0.1) is 30.1 Å². The lowest BCUT2D eigenvalue weighted by atomic mass is 10.1. The van der Waals surface area contributed by atoms with Crippen LogP contribution in [0.4, 0.5) is 4.39 Å². The number of thiocarbonyl (C=S) groups is 1. The van der Waals surface area contributed by atoms with Gasteiger partial charge in [-0.05, 0) is 42.3 Å². The average molecular weight is 583 g/mol. The summed E-state index contributed by atoms with van der Waals surface area (Å²) in [5, 5.41) is 0.152. The Morgan fingerprint density at radius 2 is 2.03 bits per heavy atom. The predicted molar refractivity (Wildman–Crippen MR) is 147 cm³/mol. The summed E-state index contributed by atoms with van der Waals surface area (Å²) < 4.78 is 44.2. The zero-order valence-corrected chi connectivity index (χ0v) is 23.1. The highest BCUT2D eigenvalue weighted by molar-refractivity contribution is 8.26. The van der Waals surface area contributed by atoms with E-state index in [4.69, 9.17) is 28.6 Å². The van der Waals surface area contributed by atoms with E-state index in [1.807, 2.05) is 12.1 Å². The summed E-state index contributed by atoms with van der Waals surface area (Å²) in [5.74, 6) is -0.847. The van der Waals surface area contributed by atoms with E-state index in [2.05, 4.69) is 0 Å². The topological polar surface area (TPSA) is 84.0 Å². The summed E-state index contributed by atoms with van der Waals surface area (Å²) in [5.41, 5.74) is 0.919. The lowest BCUT2D eigenvalue weighted by Crippen LogP contribution is -2.42. The van der Waals surface area contributed by atoms with Gasteiger partial charge in [-0.1, -0.05) is 53.8 Å². The average Bonchev–Trinajstić information content (AvgIpc) is 3.35. The van der Waals surface area contributed by atoms with Gasteiger partial charge >= 0.3 is 0 Å². The third-order valence-electron chi connectivity index (χ3n) is 6.20. The molecule has 7 nitrogen and oxygen atoms in total. The van der Waals surface area contributed by atoms with Crippen LogP contribution in [0.1, 0.15) is 24.0 Å². The van der Waals surface area contributed by atoms with Crippen LogP contribution in [0, 0.1) is 5.82 Å². The van der Waals surface area contributed by atoms with Gasteiger partial charge in [0.1, 0.15) is 15.9 Å². The van der Waals surface area contributed by atoms with Crippen molar-refractivity contribution in [1.29, 1.82) is 0 Å². The van der Waals surface area contributed by atoms with E-state index >= 15 is 0 Å². The van der Waals surface area contributed by atoms with Crippen LogP contribution in [0.3, 0.4) is 0 Å². The fourth-order valence-electron chi connectivity index (χ4n) is 4.19. The lowest BCUT2D eigenvalue weighted by molar-refractivity contribution is -0.134. The number of carbonyl (C=O) groups excluding carboxylic acids is 2. The Morgan fingerprint density at radius 3 is 2.65 bits per heavy atom. The molecule has 2 saturated heterocycles. The summed E-state index contributed by atoms with van der Waals surface area (Å²) in [6.45, 7) is -0.148. The number of halogens is 2. The number of sulfone groups is 1. The van der Waals surface area contributed by atoms with Crippen LogP contribution >= 0.6 is 35.6 Å². The molecule has 0 N–H and O–H groups in total. The van der Waals surface area contributed by atoms with Gasteiger partial charge in [0.25, 0.3) is 5.91 Å². The highest BCUT2D eigenvalue weighted by Gasteiger charge is 2.37. The van der Waals surface area contributed by atoms with E-state index < -0.39 is 27.6 Å². The van der Waals surface area contributed by atoms with Crippen molar-refractivity contribution in [2.24, 2.45) is 0 Å². The maximum atomic E-state index is 14.5. The largest absolute Gasteiger partial charge is 0.497 e. The number of methoxy groups -OCH3 is 1. The summed E-state index contributed by atoms with van der Waals surface area (Å²) in [6, 6.07) is 10.8. The molecule has 2 aromatic carbocycles. The van der Waals surface area contributed by atoms with Crippen LogP contribution in [0.5, 0.6) is 5.75 Å². The third-order valence-corrected chi connectivity index (χ3v) is 9.68. The van der Waals surface area contributed by atoms with Crippen LogP contribution in [0.25, 0.3) is 6.08 Å². The molecule has 37 heavy (non-hydrogen) atoms. The molecule has 2 fully saturated rings.